The number of aromatic carboxylic acids is 1. The first-order valence-electron chi connectivity index (χ1n) is 6.52. The van der Waals surface area contributed by atoms with Crippen LogP contribution >= 0.6 is 0 Å². The van der Waals surface area contributed by atoms with Crippen molar-refractivity contribution in [3.8, 4) is 0 Å². The van der Waals surface area contributed by atoms with Crippen LogP contribution in [-0.4, -0.2) is 35.0 Å². The number of piperidine rings is 1. The van der Waals surface area contributed by atoms with Crippen LogP contribution in [0.1, 0.15) is 47.4 Å². The molecule has 4 nitrogen and oxygen atoms in total. The summed E-state index contributed by atoms with van der Waals surface area (Å²) in [4.78, 5) is 25.1. The van der Waals surface area contributed by atoms with Crippen LogP contribution in [0.2, 0.25) is 0 Å². The highest BCUT2D eigenvalue weighted by atomic mass is 16.4. The summed E-state index contributed by atoms with van der Waals surface area (Å²) >= 11 is 0. The van der Waals surface area contributed by atoms with E-state index in [1.54, 1.807) is 12.1 Å². The summed E-state index contributed by atoms with van der Waals surface area (Å²) < 4.78 is 0. The number of hydrogen-bond donors (Lipinski definition) is 1. The summed E-state index contributed by atoms with van der Waals surface area (Å²) in [6.07, 6.45) is 2.11. The predicted octanol–water partition coefficient (Wildman–Crippen LogP) is 2.65. The molecule has 1 aliphatic rings. The molecule has 4 heteroatoms. The number of carbonyl (C=O) groups is 2. The lowest BCUT2D eigenvalue weighted by Crippen LogP contribution is -2.43. The molecule has 1 saturated heterocycles. The van der Waals surface area contributed by atoms with E-state index < -0.39 is 5.97 Å². The van der Waals surface area contributed by atoms with Crippen molar-refractivity contribution in [3.63, 3.8) is 0 Å². The quantitative estimate of drug-likeness (QED) is 0.890. The normalized spacial score (nSPS) is 18.1. The maximum atomic E-state index is 12.4. The average Bonchev–Trinajstić information content (AvgIpc) is 2.37. The first-order valence-corrected chi connectivity index (χ1v) is 6.52. The monoisotopic (exact) mass is 261 g/mol. The SMILES string of the molecule is CC1(C)CCCN(C(=O)c2cccc(C(=O)O)c2)C1. The van der Waals surface area contributed by atoms with Gasteiger partial charge in [-0.05, 0) is 36.5 Å². The Morgan fingerprint density at radius 3 is 2.58 bits per heavy atom. The van der Waals surface area contributed by atoms with Gasteiger partial charge in [-0.3, -0.25) is 4.79 Å². The van der Waals surface area contributed by atoms with Crippen LogP contribution in [0.4, 0.5) is 0 Å². The molecule has 1 amide bonds. The molecule has 0 aromatic heterocycles. The van der Waals surface area contributed by atoms with Gasteiger partial charge in [0.15, 0.2) is 0 Å². The Labute approximate surface area is 113 Å². The highest BCUT2D eigenvalue weighted by Gasteiger charge is 2.29. The Balaban J connectivity index is 2.19. The second-order valence-corrected chi connectivity index (χ2v) is 5.88. The first-order chi connectivity index (χ1) is 8.89. The Morgan fingerprint density at radius 1 is 1.26 bits per heavy atom. The number of hydrogen-bond acceptors (Lipinski definition) is 2. The second-order valence-electron chi connectivity index (χ2n) is 5.88. The first kappa shape index (κ1) is 13.6. The number of carboxylic acid groups (broad SMARTS) is 1. The molecule has 1 aliphatic heterocycles. The third kappa shape index (κ3) is 3.13. The van der Waals surface area contributed by atoms with Crippen molar-refractivity contribution in [1.29, 1.82) is 0 Å². The highest BCUT2D eigenvalue weighted by molar-refractivity contribution is 5.97. The maximum Gasteiger partial charge on any atom is 0.335 e. The van der Waals surface area contributed by atoms with Crippen LogP contribution in [0.3, 0.4) is 0 Å². The van der Waals surface area contributed by atoms with Gasteiger partial charge in [0.05, 0.1) is 5.56 Å². The smallest absolute Gasteiger partial charge is 0.335 e. The molecule has 1 heterocycles. The lowest BCUT2D eigenvalue weighted by Gasteiger charge is -2.38. The average molecular weight is 261 g/mol. The molecule has 1 fully saturated rings. The molecule has 1 aromatic rings. The third-order valence-electron chi connectivity index (χ3n) is 3.54. The van der Waals surface area contributed by atoms with Crippen LogP contribution in [0.25, 0.3) is 0 Å². The molecule has 0 radical (unpaired) electrons. The molecule has 2 rings (SSSR count). The summed E-state index contributed by atoms with van der Waals surface area (Å²) in [6, 6.07) is 6.24. The van der Waals surface area contributed by atoms with Gasteiger partial charge in [-0.2, -0.15) is 0 Å². The summed E-state index contributed by atoms with van der Waals surface area (Å²) in [5.74, 6) is -1.08. The van der Waals surface area contributed by atoms with Crippen LogP contribution in [0.15, 0.2) is 24.3 Å². The zero-order valence-corrected chi connectivity index (χ0v) is 11.3. The molecule has 1 N–H and O–H groups in total. The van der Waals surface area contributed by atoms with Crippen LogP contribution in [0, 0.1) is 5.41 Å². The van der Waals surface area contributed by atoms with Crippen molar-refractivity contribution >= 4 is 11.9 Å². The van der Waals surface area contributed by atoms with Gasteiger partial charge in [-0.1, -0.05) is 19.9 Å². The molecule has 102 valence electrons. The lowest BCUT2D eigenvalue weighted by molar-refractivity contribution is 0.0583. The molecule has 0 aliphatic carbocycles. The summed E-state index contributed by atoms with van der Waals surface area (Å²) in [5.41, 5.74) is 0.748. The van der Waals surface area contributed by atoms with Gasteiger partial charge < -0.3 is 10.0 Å². The van der Waals surface area contributed by atoms with Crippen molar-refractivity contribution in [2.75, 3.05) is 13.1 Å². The van der Waals surface area contributed by atoms with E-state index in [0.717, 1.165) is 25.9 Å². The molecular formula is C15H19NO3. The zero-order valence-electron chi connectivity index (χ0n) is 11.3. The Morgan fingerprint density at radius 2 is 1.95 bits per heavy atom. The summed E-state index contributed by atoms with van der Waals surface area (Å²) in [7, 11) is 0. The molecular weight excluding hydrogens is 242 g/mol. The molecule has 0 bridgehead atoms. The standard InChI is InChI=1S/C15H19NO3/c1-15(2)7-4-8-16(10-15)13(17)11-5-3-6-12(9-11)14(18)19/h3,5-6,9H,4,7-8,10H2,1-2H3,(H,18,19). The minimum atomic E-state index is -1.01. The largest absolute Gasteiger partial charge is 0.478 e. The van der Waals surface area contributed by atoms with Crippen molar-refractivity contribution in [1.82, 2.24) is 4.90 Å². The highest BCUT2D eigenvalue weighted by Crippen LogP contribution is 2.29. The number of benzene rings is 1. The number of carbonyl (C=O) groups excluding carboxylic acids is 1. The second kappa shape index (κ2) is 5.03. The van der Waals surface area contributed by atoms with Gasteiger partial charge in [-0.25, -0.2) is 4.79 Å². The Hall–Kier alpha value is -1.84. The van der Waals surface area contributed by atoms with E-state index >= 15 is 0 Å². The van der Waals surface area contributed by atoms with E-state index in [-0.39, 0.29) is 16.9 Å². The van der Waals surface area contributed by atoms with E-state index in [9.17, 15) is 9.59 Å². The summed E-state index contributed by atoms with van der Waals surface area (Å²) in [6.45, 7) is 5.78. The van der Waals surface area contributed by atoms with Gasteiger partial charge in [0.2, 0.25) is 0 Å². The van der Waals surface area contributed by atoms with Crippen LogP contribution < -0.4 is 0 Å². The van der Waals surface area contributed by atoms with E-state index in [4.69, 9.17) is 5.11 Å². The maximum absolute atomic E-state index is 12.4. The minimum absolute atomic E-state index is 0.0733. The fourth-order valence-electron chi connectivity index (χ4n) is 2.56. The molecule has 0 spiro atoms. The minimum Gasteiger partial charge on any atom is -0.478 e. The van der Waals surface area contributed by atoms with Crippen LogP contribution in [0.5, 0.6) is 0 Å². The third-order valence-corrected chi connectivity index (χ3v) is 3.54. The number of carboxylic acids is 1. The van der Waals surface area contributed by atoms with E-state index in [0.29, 0.717) is 5.56 Å². The van der Waals surface area contributed by atoms with Gasteiger partial charge in [0.1, 0.15) is 0 Å². The van der Waals surface area contributed by atoms with Crippen molar-refractivity contribution in [2.24, 2.45) is 5.41 Å². The van der Waals surface area contributed by atoms with E-state index in [1.807, 2.05) is 4.90 Å². The van der Waals surface area contributed by atoms with Gasteiger partial charge in [0.25, 0.3) is 5.91 Å². The molecule has 1 aromatic carbocycles. The van der Waals surface area contributed by atoms with Crippen molar-refractivity contribution in [2.45, 2.75) is 26.7 Å². The topological polar surface area (TPSA) is 57.6 Å². The molecule has 0 saturated carbocycles. The fourth-order valence-corrected chi connectivity index (χ4v) is 2.56. The molecule has 0 atom stereocenters. The van der Waals surface area contributed by atoms with Gasteiger partial charge >= 0.3 is 5.97 Å². The van der Waals surface area contributed by atoms with E-state index in [1.165, 1.54) is 12.1 Å². The van der Waals surface area contributed by atoms with Crippen molar-refractivity contribution < 1.29 is 14.7 Å². The number of likely N-dealkylation sites (tertiary alicyclic amines) is 1. The Kier molecular flexibility index (Phi) is 3.60. The predicted molar refractivity (Wildman–Crippen MR) is 72.3 cm³/mol. The van der Waals surface area contributed by atoms with Crippen LogP contribution in [-0.2, 0) is 0 Å². The number of nitrogens with zero attached hydrogens (tertiary/aromatic N) is 1. The summed E-state index contributed by atoms with van der Waals surface area (Å²) in [5, 5.41) is 8.96. The molecule has 19 heavy (non-hydrogen) atoms. The van der Waals surface area contributed by atoms with Gasteiger partial charge in [0, 0.05) is 18.7 Å². The van der Waals surface area contributed by atoms with Crippen molar-refractivity contribution in [3.05, 3.63) is 35.4 Å². The number of rotatable bonds is 2. The molecule has 0 unspecified atom stereocenters. The number of amides is 1. The van der Waals surface area contributed by atoms with Gasteiger partial charge in [-0.15, -0.1) is 0 Å². The fraction of sp³-hybridized carbons (Fsp3) is 0.467. The lowest BCUT2D eigenvalue weighted by atomic mass is 9.84. The van der Waals surface area contributed by atoms with E-state index in [2.05, 4.69) is 13.8 Å². The Bertz CT molecular complexity index is 508. The zero-order chi connectivity index (χ0) is 14.0.